The largest absolute Gasteiger partial charge is 0.471 e. The summed E-state index contributed by atoms with van der Waals surface area (Å²) in [6.45, 7) is 2.17. The first-order valence-electron chi connectivity index (χ1n) is 9.18. The van der Waals surface area contributed by atoms with Crippen molar-refractivity contribution in [2.75, 3.05) is 6.54 Å². The van der Waals surface area contributed by atoms with Gasteiger partial charge in [-0.25, -0.2) is 0 Å². The standard InChI is InChI=1S/C20H25F3N2O/c1-2-15(8-13-6-4-3-5-7-13)17-11-18(17)25(19(26)20(21,22)23)12-14-9-16(24)10-14/h3-8,14,16-18H,2,9-12,24H2,1H3/b15-8+/t14?,16?,17-,18+/m0/s1. The van der Waals surface area contributed by atoms with Crippen LogP contribution in [0.25, 0.3) is 6.08 Å². The van der Waals surface area contributed by atoms with E-state index in [-0.39, 0.29) is 30.5 Å². The van der Waals surface area contributed by atoms with Crippen LogP contribution in [0.15, 0.2) is 35.9 Å². The third-order valence-corrected chi connectivity index (χ3v) is 5.42. The van der Waals surface area contributed by atoms with Gasteiger partial charge in [0.15, 0.2) is 0 Å². The second kappa shape index (κ2) is 7.43. The van der Waals surface area contributed by atoms with E-state index in [1.165, 1.54) is 0 Å². The second-order valence-electron chi connectivity index (χ2n) is 7.45. The Hall–Kier alpha value is -1.82. The molecule has 1 aromatic rings. The lowest BCUT2D eigenvalue weighted by Crippen LogP contribution is -2.49. The van der Waals surface area contributed by atoms with Gasteiger partial charge in [-0.05, 0) is 37.2 Å². The zero-order valence-corrected chi connectivity index (χ0v) is 14.9. The third-order valence-electron chi connectivity index (χ3n) is 5.42. The number of alkyl halides is 3. The van der Waals surface area contributed by atoms with Gasteiger partial charge in [-0.15, -0.1) is 0 Å². The lowest BCUT2D eigenvalue weighted by atomic mass is 9.80. The molecular formula is C20H25F3N2O. The maximum Gasteiger partial charge on any atom is 0.471 e. The number of nitrogens with zero attached hydrogens (tertiary/aromatic N) is 1. The summed E-state index contributed by atoms with van der Waals surface area (Å²) in [6, 6.07) is 9.45. The van der Waals surface area contributed by atoms with Gasteiger partial charge in [-0.2, -0.15) is 13.2 Å². The zero-order valence-electron chi connectivity index (χ0n) is 14.9. The van der Waals surface area contributed by atoms with E-state index in [0.717, 1.165) is 22.5 Å². The predicted molar refractivity (Wildman–Crippen MR) is 95.1 cm³/mol. The topological polar surface area (TPSA) is 46.3 Å². The van der Waals surface area contributed by atoms with Gasteiger partial charge in [-0.1, -0.05) is 48.9 Å². The molecule has 1 amide bonds. The normalized spacial score (nSPS) is 28.4. The summed E-state index contributed by atoms with van der Waals surface area (Å²) in [5.74, 6) is -1.61. The Morgan fingerprint density at radius 1 is 1.23 bits per heavy atom. The summed E-state index contributed by atoms with van der Waals surface area (Å²) in [5, 5.41) is 0. The number of hydrogen-bond donors (Lipinski definition) is 1. The minimum atomic E-state index is -4.82. The SMILES string of the molecule is CC/C(=C\c1ccccc1)[C@@H]1C[C@H]1N(CC1CC(N)C1)C(=O)C(F)(F)F. The highest BCUT2D eigenvalue weighted by molar-refractivity contribution is 5.82. The fraction of sp³-hybridized carbons (Fsp3) is 0.550. The molecule has 142 valence electrons. The molecule has 0 unspecified atom stereocenters. The van der Waals surface area contributed by atoms with Crippen LogP contribution in [0.3, 0.4) is 0 Å². The van der Waals surface area contributed by atoms with Gasteiger partial charge in [0.05, 0.1) is 0 Å². The lowest BCUT2D eigenvalue weighted by Gasteiger charge is -2.37. The fourth-order valence-electron chi connectivity index (χ4n) is 3.91. The minimum absolute atomic E-state index is 0.0141. The molecule has 2 fully saturated rings. The van der Waals surface area contributed by atoms with Crippen molar-refractivity contribution in [3.63, 3.8) is 0 Å². The molecule has 0 radical (unpaired) electrons. The van der Waals surface area contributed by atoms with E-state index in [2.05, 4.69) is 0 Å². The van der Waals surface area contributed by atoms with E-state index < -0.39 is 12.1 Å². The van der Waals surface area contributed by atoms with Crippen molar-refractivity contribution in [3.8, 4) is 0 Å². The average molecular weight is 366 g/mol. The first kappa shape index (κ1) is 19.0. The highest BCUT2D eigenvalue weighted by Crippen LogP contribution is 2.45. The van der Waals surface area contributed by atoms with Gasteiger partial charge >= 0.3 is 12.1 Å². The molecule has 0 heterocycles. The van der Waals surface area contributed by atoms with Crippen LogP contribution in [-0.4, -0.2) is 35.6 Å². The third kappa shape index (κ3) is 4.29. The minimum Gasteiger partial charge on any atom is -0.331 e. The molecule has 0 aromatic heterocycles. The Balaban J connectivity index is 1.73. The molecule has 6 heteroatoms. The van der Waals surface area contributed by atoms with Gasteiger partial charge in [0.25, 0.3) is 0 Å². The molecule has 26 heavy (non-hydrogen) atoms. The van der Waals surface area contributed by atoms with Crippen molar-refractivity contribution >= 4 is 12.0 Å². The van der Waals surface area contributed by atoms with Gasteiger partial charge in [0.2, 0.25) is 0 Å². The Kier molecular flexibility index (Phi) is 5.42. The Morgan fingerprint density at radius 2 is 1.88 bits per heavy atom. The number of carbonyl (C=O) groups is 1. The number of hydrogen-bond acceptors (Lipinski definition) is 2. The van der Waals surface area contributed by atoms with Crippen LogP contribution in [-0.2, 0) is 4.79 Å². The van der Waals surface area contributed by atoms with Gasteiger partial charge in [-0.3, -0.25) is 4.79 Å². The van der Waals surface area contributed by atoms with Crippen molar-refractivity contribution < 1.29 is 18.0 Å². The Bertz CT molecular complexity index is 665. The van der Waals surface area contributed by atoms with Crippen molar-refractivity contribution in [3.05, 3.63) is 41.5 Å². The number of nitrogens with two attached hydrogens (primary N) is 1. The van der Waals surface area contributed by atoms with E-state index in [9.17, 15) is 18.0 Å². The van der Waals surface area contributed by atoms with E-state index in [4.69, 9.17) is 5.73 Å². The van der Waals surface area contributed by atoms with Crippen molar-refractivity contribution in [2.45, 2.75) is 50.9 Å². The van der Waals surface area contributed by atoms with Gasteiger partial charge in [0.1, 0.15) is 0 Å². The molecule has 3 rings (SSSR count). The number of rotatable bonds is 6. The molecule has 2 aliphatic rings. The van der Waals surface area contributed by atoms with Gasteiger partial charge < -0.3 is 10.6 Å². The van der Waals surface area contributed by atoms with Crippen LogP contribution < -0.4 is 5.73 Å². The highest BCUT2D eigenvalue weighted by Gasteiger charge is 2.52. The van der Waals surface area contributed by atoms with Crippen LogP contribution >= 0.6 is 0 Å². The van der Waals surface area contributed by atoms with Gasteiger partial charge in [0, 0.05) is 24.5 Å². The first-order chi connectivity index (χ1) is 12.3. The molecule has 2 N–H and O–H groups in total. The average Bonchev–Trinajstić information content (AvgIpc) is 3.35. The second-order valence-corrected chi connectivity index (χ2v) is 7.45. The van der Waals surface area contributed by atoms with Crippen LogP contribution in [0.5, 0.6) is 0 Å². The first-order valence-corrected chi connectivity index (χ1v) is 9.18. The molecule has 0 spiro atoms. The Labute approximate surface area is 152 Å². The van der Waals surface area contributed by atoms with Crippen LogP contribution in [0.4, 0.5) is 13.2 Å². The monoisotopic (exact) mass is 366 g/mol. The van der Waals surface area contributed by atoms with E-state index in [1.807, 2.05) is 43.3 Å². The van der Waals surface area contributed by atoms with E-state index in [1.54, 1.807) is 0 Å². The lowest BCUT2D eigenvalue weighted by molar-refractivity contribution is -0.187. The molecule has 0 saturated heterocycles. The summed E-state index contributed by atoms with van der Waals surface area (Å²) in [4.78, 5) is 13.0. The number of halogens is 3. The summed E-state index contributed by atoms with van der Waals surface area (Å²) in [5.41, 5.74) is 7.89. The molecule has 1 aromatic carbocycles. The Morgan fingerprint density at radius 3 is 2.42 bits per heavy atom. The van der Waals surface area contributed by atoms with Crippen molar-refractivity contribution in [1.82, 2.24) is 4.90 Å². The molecule has 0 bridgehead atoms. The molecule has 2 aliphatic carbocycles. The fourth-order valence-corrected chi connectivity index (χ4v) is 3.91. The maximum atomic E-state index is 13.1. The van der Waals surface area contributed by atoms with Crippen molar-refractivity contribution in [2.24, 2.45) is 17.6 Å². The summed E-state index contributed by atoms with van der Waals surface area (Å²) >= 11 is 0. The zero-order chi connectivity index (χ0) is 18.9. The summed E-state index contributed by atoms with van der Waals surface area (Å²) < 4.78 is 39.2. The van der Waals surface area contributed by atoms with Crippen molar-refractivity contribution in [1.29, 1.82) is 0 Å². The molecular weight excluding hydrogens is 341 g/mol. The molecule has 3 nitrogen and oxygen atoms in total. The van der Waals surface area contributed by atoms with E-state index in [0.29, 0.717) is 19.3 Å². The highest BCUT2D eigenvalue weighted by atomic mass is 19.4. The number of carbonyl (C=O) groups excluding carboxylic acids is 1. The van der Waals surface area contributed by atoms with Crippen LogP contribution in [0.2, 0.25) is 0 Å². The summed E-state index contributed by atoms with van der Waals surface area (Å²) in [7, 11) is 0. The van der Waals surface area contributed by atoms with Crippen LogP contribution in [0.1, 0.15) is 38.2 Å². The quantitative estimate of drug-likeness (QED) is 0.827. The summed E-state index contributed by atoms with van der Waals surface area (Å²) in [6.07, 6.45) is -0.0285. The predicted octanol–water partition coefficient (Wildman–Crippen LogP) is 4.00. The van der Waals surface area contributed by atoms with Crippen LogP contribution in [0, 0.1) is 11.8 Å². The smallest absolute Gasteiger partial charge is 0.331 e. The van der Waals surface area contributed by atoms with E-state index >= 15 is 0 Å². The number of benzene rings is 1. The maximum absolute atomic E-state index is 13.1. The molecule has 0 aliphatic heterocycles. The number of amides is 1. The molecule has 2 saturated carbocycles. The molecule has 2 atom stereocenters.